The number of likely N-dealkylation sites (tertiary alicyclic amines) is 1. The van der Waals surface area contributed by atoms with Crippen LogP contribution in [-0.4, -0.2) is 31.1 Å². The molecule has 1 aliphatic heterocycles. The molecule has 2 rings (SSSR count). The van der Waals surface area contributed by atoms with Crippen LogP contribution in [0.25, 0.3) is 0 Å². The molecule has 0 spiro atoms. The van der Waals surface area contributed by atoms with Crippen LogP contribution in [0.4, 0.5) is 0 Å². The molecule has 2 heterocycles. The third-order valence-electron chi connectivity index (χ3n) is 3.91. The lowest BCUT2D eigenvalue weighted by Gasteiger charge is -2.18. The van der Waals surface area contributed by atoms with Gasteiger partial charge in [-0.3, -0.25) is 0 Å². The average molecular weight is 252 g/mol. The van der Waals surface area contributed by atoms with Crippen LogP contribution in [0.1, 0.15) is 31.7 Å². The van der Waals surface area contributed by atoms with Gasteiger partial charge in [-0.05, 0) is 30.2 Å². The molecule has 0 aliphatic carbocycles. The topological polar surface area (TPSA) is 15.3 Å². The zero-order chi connectivity index (χ0) is 12.3. The molecule has 0 radical (unpaired) electrons. The molecule has 1 fully saturated rings. The molecule has 1 N–H and O–H groups in total. The van der Waals surface area contributed by atoms with Gasteiger partial charge in [0.2, 0.25) is 0 Å². The largest absolute Gasteiger partial charge is 0.308 e. The van der Waals surface area contributed by atoms with Crippen molar-refractivity contribution in [3.63, 3.8) is 0 Å². The molecule has 0 amide bonds. The molecule has 2 nitrogen and oxygen atoms in total. The SMILES string of the molecule is CC(NCCN1CC(C)C(C)C1)c1cccs1. The third kappa shape index (κ3) is 3.54. The molecule has 0 saturated carbocycles. The highest BCUT2D eigenvalue weighted by molar-refractivity contribution is 7.10. The lowest BCUT2D eigenvalue weighted by atomic mass is 10.0. The summed E-state index contributed by atoms with van der Waals surface area (Å²) in [5.74, 6) is 1.73. The van der Waals surface area contributed by atoms with Crippen molar-refractivity contribution in [2.75, 3.05) is 26.2 Å². The second-order valence-electron chi connectivity index (χ2n) is 5.41. The smallest absolute Gasteiger partial charge is 0.0386 e. The molecule has 96 valence electrons. The molecule has 17 heavy (non-hydrogen) atoms. The molecule has 1 saturated heterocycles. The van der Waals surface area contributed by atoms with Crippen LogP contribution in [-0.2, 0) is 0 Å². The van der Waals surface area contributed by atoms with E-state index < -0.39 is 0 Å². The number of nitrogens with one attached hydrogen (secondary N) is 1. The van der Waals surface area contributed by atoms with E-state index in [0.717, 1.165) is 18.4 Å². The second-order valence-corrected chi connectivity index (χ2v) is 6.38. The van der Waals surface area contributed by atoms with E-state index in [0.29, 0.717) is 6.04 Å². The van der Waals surface area contributed by atoms with Crippen LogP contribution in [0.2, 0.25) is 0 Å². The van der Waals surface area contributed by atoms with Crippen molar-refractivity contribution in [2.24, 2.45) is 11.8 Å². The van der Waals surface area contributed by atoms with Crippen LogP contribution in [0.15, 0.2) is 17.5 Å². The fraction of sp³-hybridized carbons (Fsp3) is 0.714. The maximum atomic E-state index is 3.61. The summed E-state index contributed by atoms with van der Waals surface area (Å²) in [5, 5.41) is 5.76. The Balaban J connectivity index is 1.67. The number of hydrogen-bond acceptors (Lipinski definition) is 3. The highest BCUT2D eigenvalue weighted by Crippen LogP contribution is 2.21. The zero-order valence-electron chi connectivity index (χ0n) is 11.1. The number of hydrogen-bond donors (Lipinski definition) is 1. The molecular formula is C14H24N2S. The molecule has 0 aromatic carbocycles. The van der Waals surface area contributed by atoms with Gasteiger partial charge in [-0.15, -0.1) is 11.3 Å². The predicted molar refractivity (Wildman–Crippen MR) is 75.5 cm³/mol. The Bertz CT molecular complexity index is 313. The van der Waals surface area contributed by atoms with Crippen molar-refractivity contribution in [1.82, 2.24) is 10.2 Å². The Morgan fingerprint density at radius 1 is 1.41 bits per heavy atom. The first-order chi connectivity index (χ1) is 8.16. The van der Waals surface area contributed by atoms with Crippen LogP contribution in [0.5, 0.6) is 0 Å². The quantitative estimate of drug-likeness (QED) is 0.866. The molecule has 3 atom stereocenters. The van der Waals surface area contributed by atoms with E-state index in [1.807, 2.05) is 11.3 Å². The highest BCUT2D eigenvalue weighted by Gasteiger charge is 2.25. The van der Waals surface area contributed by atoms with Gasteiger partial charge in [0.1, 0.15) is 0 Å². The van der Waals surface area contributed by atoms with Gasteiger partial charge in [0, 0.05) is 37.1 Å². The first kappa shape index (κ1) is 13.1. The first-order valence-corrected chi connectivity index (χ1v) is 7.54. The van der Waals surface area contributed by atoms with E-state index in [2.05, 4.69) is 48.5 Å². The Labute approximate surface area is 109 Å². The Morgan fingerprint density at radius 3 is 2.71 bits per heavy atom. The van der Waals surface area contributed by atoms with E-state index in [1.54, 1.807) is 0 Å². The van der Waals surface area contributed by atoms with Gasteiger partial charge in [-0.2, -0.15) is 0 Å². The van der Waals surface area contributed by atoms with Crippen LogP contribution in [0.3, 0.4) is 0 Å². The lowest BCUT2D eigenvalue weighted by molar-refractivity contribution is 0.316. The van der Waals surface area contributed by atoms with Crippen LogP contribution >= 0.6 is 11.3 Å². The van der Waals surface area contributed by atoms with Crippen molar-refractivity contribution >= 4 is 11.3 Å². The van der Waals surface area contributed by atoms with Crippen molar-refractivity contribution in [1.29, 1.82) is 0 Å². The Morgan fingerprint density at radius 2 is 2.12 bits per heavy atom. The molecule has 3 heteroatoms. The van der Waals surface area contributed by atoms with Gasteiger partial charge in [-0.25, -0.2) is 0 Å². The molecule has 1 aliphatic rings. The summed E-state index contributed by atoms with van der Waals surface area (Å²) in [5.41, 5.74) is 0. The fourth-order valence-corrected chi connectivity index (χ4v) is 3.27. The first-order valence-electron chi connectivity index (χ1n) is 6.66. The number of rotatable bonds is 5. The van der Waals surface area contributed by atoms with Crippen molar-refractivity contribution in [2.45, 2.75) is 26.8 Å². The van der Waals surface area contributed by atoms with Crippen LogP contribution in [0, 0.1) is 11.8 Å². The summed E-state index contributed by atoms with van der Waals surface area (Å²) in [6.07, 6.45) is 0. The van der Waals surface area contributed by atoms with Gasteiger partial charge < -0.3 is 10.2 Å². The van der Waals surface area contributed by atoms with E-state index in [-0.39, 0.29) is 0 Å². The van der Waals surface area contributed by atoms with Gasteiger partial charge in [0.15, 0.2) is 0 Å². The number of thiophene rings is 1. The summed E-state index contributed by atoms with van der Waals surface area (Å²) < 4.78 is 0. The van der Waals surface area contributed by atoms with E-state index in [9.17, 15) is 0 Å². The fourth-order valence-electron chi connectivity index (χ4n) is 2.51. The maximum Gasteiger partial charge on any atom is 0.0386 e. The predicted octanol–water partition coefficient (Wildman–Crippen LogP) is 2.99. The summed E-state index contributed by atoms with van der Waals surface area (Å²) in [6, 6.07) is 4.83. The minimum atomic E-state index is 0.493. The Kier molecular flexibility index (Phi) is 4.60. The zero-order valence-corrected chi connectivity index (χ0v) is 12.0. The van der Waals surface area contributed by atoms with Crippen LogP contribution < -0.4 is 5.32 Å². The summed E-state index contributed by atoms with van der Waals surface area (Å²) in [6.45, 7) is 11.8. The van der Waals surface area contributed by atoms with Gasteiger partial charge in [0.05, 0.1) is 0 Å². The van der Waals surface area contributed by atoms with E-state index in [4.69, 9.17) is 0 Å². The summed E-state index contributed by atoms with van der Waals surface area (Å²) in [4.78, 5) is 4.02. The van der Waals surface area contributed by atoms with Gasteiger partial charge >= 0.3 is 0 Å². The summed E-state index contributed by atoms with van der Waals surface area (Å²) in [7, 11) is 0. The van der Waals surface area contributed by atoms with Gasteiger partial charge in [0.25, 0.3) is 0 Å². The highest BCUT2D eigenvalue weighted by atomic mass is 32.1. The lowest BCUT2D eigenvalue weighted by Crippen LogP contribution is -2.31. The molecule has 1 aromatic rings. The average Bonchev–Trinajstić information content (AvgIpc) is 2.90. The third-order valence-corrected chi connectivity index (χ3v) is 4.97. The molecule has 3 unspecified atom stereocenters. The molecular weight excluding hydrogens is 228 g/mol. The molecule has 0 bridgehead atoms. The normalized spacial score (nSPS) is 27.5. The van der Waals surface area contributed by atoms with Gasteiger partial charge in [-0.1, -0.05) is 19.9 Å². The second kappa shape index (κ2) is 5.98. The molecule has 1 aromatic heterocycles. The van der Waals surface area contributed by atoms with E-state index in [1.165, 1.54) is 24.5 Å². The maximum absolute atomic E-state index is 3.61. The Hall–Kier alpha value is -0.380. The number of nitrogens with zero attached hydrogens (tertiary/aromatic N) is 1. The monoisotopic (exact) mass is 252 g/mol. The minimum absolute atomic E-state index is 0.493. The van der Waals surface area contributed by atoms with Crippen molar-refractivity contribution in [3.05, 3.63) is 22.4 Å². The summed E-state index contributed by atoms with van der Waals surface area (Å²) >= 11 is 1.84. The standard InChI is InChI=1S/C14H24N2S/c1-11-9-16(10-12(11)2)7-6-15-13(3)14-5-4-8-17-14/h4-5,8,11-13,15H,6-7,9-10H2,1-3H3. The van der Waals surface area contributed by atoms with Crippen molar-refractivity contribution in [3.8, 4) is 0 Å². The minimum Gasteiger partial charge on any atom is -0.308 e. The van der Waals surface area contributed by atoms with E-state index >= 15 is 0 Å². The van der Waals surface area contributed by atoms with Crippen molar-refractivity contribution < 1.29 is 0 Å².